The predicted octanol–water partition coefficient (Wildman–Crippen LogP) is 6.99. The molecule has 1 saturated carbocycles. The van der Waals surface area contributed by atoms with Crippen molar-refractivity contribution in [3.05, 3.63) is 62.9 Å². The van der Waals surface area contributed by atoms with E-state index in [2.05, 4.69) is 5.32 Å². The Morgan fingerprint density at radius 3 is 2.29 bits per heavy atom. The number of carbonyl (C=O) groups excluding carboxylic acids is 2. The molecule has 1 aliphatic rings. The molecule has 1 fully saturated rings. The summed E-state index contributed by atoms with van der Waals surface area (Å²) in [5.74, 6) is -13.0. The summed E-state index contributed by atoms with van der Waals surface area (Å²) in [5, 5.41) is 3.96. The van der Waals surface area contributed by atoms with Crippen molar-refractivity contribution >= 4 is 63.9 Å². The summed E-state index contributed by atoms with van der Waals surface area (Å²) in [6, 6.07) is 6.31. The smallest absolute Gasteiger partial charge is 0.326 e. The highest BCUT2D eigenvalue weighted by molar-refractivity contribution is 6.53. The molecule has 2 N–H and O–H groups in total. The molecule has 0 saturated heterocycles. The number of aryl methyl sites for hydroxylation is 1. The first-order valence-corrected chi connectivity index (χ1v) is 11.5. The lowest BCUT2D eigenvalue weighted by atomic mass is 10.1. The summed E-state index contributed by atoms with van der Waals surface area (Å²) < 4.78 is 65.0. The molecule has 0 radical (unpaired) electrons. The highest BCUT2D eigenvalue weighted by atomic mass is 35.5. The summed E-state index contributed by atoms with van der Waals surface area (Å²) >= 11 is 24.4. The number of rotatable bonds is 7. The number of benzene rings is 2. The number of hydrogen-bond donors (Lipinski definition) is 2. The van der Waals surface area contributed by atoms with Crippen LogP contribution in [0.3, 0.4) is 0 Å². The van der Waals surface area contributed by atoms with E-state index in [1.807, 2.05) is 0 Å². The minimum absolute atomic E-state index is 0.0330. The summed E-state index contributed by atoms with van der Waals surface area (Å²) in [5.41, 5.74) is 0.463. The van der Waals surface area contributed by atoms with Crippen molar-refractivity contribution in [1.29, 1.82) is 0 Å². The molecule has 1 aliphatic carbocycles. The van der Waals surface area contributed by atoms with Gasteiger partial charge in [-0.2, -0.15) is 8.78 Å². The molecule has 0 bridgehead atoms. The van der Waals surface area contributed by atoms with Gasteiger partial charge in [-0.1, -0.05) is 29.3 Å². The van der Waals surface area contributed by atoms with Gasteiger partial charge in [-0.05, 0) is 42.3 Å². The fourth-order valence-corrected chi connectivity index (χ4v) is 4.65. The number of hydrogen-bond acceptors (Lipinski definition) is 2. The third-order valence-electron chi connectivity index (χ3n) is 5.52. The van der Waals surface area contributed by atoms with Gasteiger partial charge in [0.25, 0.3) is 5.91 Å². The van der Waals surface area contributed by atoms with Gasteiger partial charge in [-0.15, -0.1) is 23.2 Å². The first-order chi connectivity index (χ1) is 16.0. The molecule has 2 unspecified atom stereocenters. The van der Waals surface area contributed by atoms with Crippen LogP contribution in [0.25, 0.3) is 0 Å². The van der Waals surface area contributed by atoms with Crippen molar-refractivity contribution in [2.45, 2.75) is 35.9 Å². The van der Waals surface area contributed by atoms with Crippen LogP contribution in [0.2, 0.25) is 10.0 Å². The second kappa shape index (κ2) is 9.57. The average molecular weight is 578 g/mol. The molecule has 0 spiro atoms. The SMILES string of the molecule is Cc1cc(NC(=O)C2C(c3ccc(F)c(Cl)c3)C2(Cl)Cl)cc(C(=O)NCC(F)(F)C(C)(F)F)c1Cl. The second-order valence-electron chi connectivity index (χ2n) is 8.22. The predicted molar refractivity (Wildman–Crippen MR) is 125 cm³/mol. The third-order valence-corrected chi connectivity index (χ3v) is 7.25. The van der Waals surface area contributed by atoms with E-state index >= 15 is 0 Å². The van der Waals surface area contributed by atoms with Crippen molar-refractivity contribution in [3.8, 4) is 0 Å². The molecule has 0 aliphatic heterocycles. The van der Waals surface area contributed by atoms with Crippen LogP contribution in [-0.2, 0) is 4.79 Å². The Balaban J connectivity index is 1.78. The van der Waals surface area contributed by atoms with Gasteiger partial charge in [-0.3, -0.25) is 9.59 Å². The normalized spacial score (nSPS) is 19.3. The van der Waals surface area contributed by atoms with Gasteiger partial charge in [-0.25, -0.2) is 13.2 Å². The fourth-order valence-electron chi connectivity index (χ4n) is 3.44. The summed E-state index contributed by atoms with van der Waals surface area (Å²) in [6.45, 7) is -0.116. The topological polar surface area (TPSA) is 58.2 Å². The molecule has 2 amide bonds. The van der Waals surface area contributed by atoms with E-state index < -0.39 is 52.2 Å². The molecule has 2 atom stereocenters. The first-order valence-electron chi connectivity index (χ1n) is 9.95. The maximum absolute atomic E-state index is 13.5. The lowest BCUT2D eigenvalue weighted by molar-refractivity contribution is -0.192. The van der Waals surface area contributed by atoms with Gasteiger partial charge >= 0.3 is 11.8 Å². The molecule has 0 aromatic heterocycles. The van der Waals surface area contributed by atoms with Crippen molar-refractivity contribution < 1.29 is 31.5 Å². The Morgan fingerprint density at radius 2 is 1.71 bits per heavy atom. The van der Waals surface area contributed by atoms with E-state index in [-0.39, 0.29) is 28.2 Å². The van der Waals surface area contributed by atoms with Crippen molar-refractivity contribution in [1.82, 2.24) is 5.32 Å². The van der Waals surface area contributed by atoms with Gasteiger partial charge in [0.2, 0.25) is 5.91 Å². The van der Waals surface area contributed by atoms with E-state index in [4.69, 9.17) is 46.4 Å². The number of alkyl halides is 6. The molecule has 2 aromatic rings. The summed E-state index contributed by atoms with van der Waals surface area (Å²) in [4.78, 5) is 25.3. The van der Waals surface area contributed by atoms with Crippen LogP contribution in [-0.4, -0.2) is 34.5 Å². The molecule has 0 heterocycles. The Kier molecular flexibility index (Phi) is 7.60. The van der Waals surface area contributed by atoms with Gasteiger partial charge in [0, 0.05) is 18.5 Å². The third kappa shape index (κ3) is 5.63. The van der Waals surface area contributed by atoms with E-state index in [0.29, 0.717) is 11.1 Å². The van der Waals surface area contributed by atoms with Crippen molar-refractivity contribution in [2.24, 2.45) is 5.92 Å². The zero-order valence-corrected chi connectivity index (χ0v) is 21.0. The number of carbonyl (C=O) groups is 2. The standard InChI is InChI=1S/C22H17Cl4F5N2O2/c1-9-5-11(7-12(17(9)24)18(34)32-8-21(30,31)20(2,28)29)33-19(35)16-15(22(16,25)26)10-3-4-14(27)13(23)6-10/h3-7,15-16H,8H2,1-2H3,(H,32,34)(H,33,35). The van der Waals surface area contributed by atoms with E-state index in [9.17, 15) is 31.5 Å². The van der Waals surface area contributed by atoms with Crippen molar-refractivity contribution in [3.63, 3.8) is 0 Å². The lowest BCUT2D eigenvalue weighted by Gasteiger charge is -2.23. The Labute approximate surface area is 217 Å². The Bertz CT molecular complexity index is 1190. The summed E-state index contributed by atoms with van der Waals surface area (Å²) in [7, 11) is 0. The highest BCUT2D eigenvalue weighted by Gasteiger charge is 2.67. The number of nitrogens with one attached hydrogen (secondary N) is 2. The van der Waals surface area contributed by atoms with Gasteiger partial charge in [0.1, 0.15) is 10.2 Å². The minimum Gasteiger partial charge on any atom is -0.346 e. The van der Waals surface area contributed by atoms with Crippen LogP contribution >= 0.6 is 46.4 Å². The van der Waals surface area contributed by atoms with Crippen LogP contribution in [0.15, 0.2) is 30.3 Å². The zero-order valence-electron chi connectivity index (χ0n) is 18.0. The summed E-state index contributed by atoms with van der Waals surface area (Å²) in [6.07, 6.45) is 0. The molecule has 13 heteroatoms. The molecular weight excluding hydrogens is 561 g/mol. The van der Waals surface area contributed by atoms with Crippen LogP contribution in [0.4, 0.5) is 27.6 Å². The minimum atomic E-state index is -4.50. The largest absolute Gasteiger partial charge is 0.346 e. The quantitative estimate of drug-likeness (QED) is 0.275. The second-order valence-corrected chi connectivity index (χ2v) is 10.5. The van der Waals surface area contributed by atoms with Gasteiger partial charge in [0.15, 0.2) is 0 Å². The molecule has 3 rings (SSSR count). The maximum Gasteiger partial charge on any atom is 0.326 e. The zero-order chi connectivity index (χ0) is 26.5. The van der Waals surface area contributed by atoms with E-state index in [1.54, 1.807) is 5.32 Å². The maximum atomic E-state index is 13.5. The Morgan fingerprint density at radius 1 is 1.09 bits per heavy atom. The lowest BCUT2D eigenvalue weighted by Crippen LogP contribution is -2.47. The molecule has 2 aromatic carbocycles. The van der Waals surface area contributed by atoms with E-state index in [1.165, 1.54) is 25.1 Å². The fraction of sp³-hybridized carbons (Fsp3) is 0.364. The van der Waals surface area contributed by atoms with E-state index in [0.717, 1.165) is 12.1 Å². The monoisotopic (exact) mass is 576 g/mol. The van der Waals surface area contributed by atoms with Crippen LogP contribution < -0.4 is 10.6 Å². The van der Waals surface area contributed by atoms with Crippen LogP contribution in [0.1, 0.15) is 34.3 Å². The van der Waals surface area contributed by atoms with Crippen LogP contribution in [0.5, 0.6) is 0 Å². The van der Waals surface area contributed by atoms with Crippen molar-refractivity contribution in [2.75, 3.05) is 11.9 Å². The molecule has 190 valence electrons. The molecular formula is C22H17Cl4F5N2O2. The highest BCUT2D eigenvalue weighted by Crippen LogP contribution is 2.65. The van der Waals surface area contributed by atoms with Gasteiger partial charge < -0.3 is 10.6 Å². The Hall–Kier alpha value is -1.81. The average Bonchev–Trinajstić information content (AvgIpc) is 3.32. The number of halogens is 9. The van der Waals surface area contributed by atoms with Crippen LogP contribution in [0, 0.1) is 18.7 Å². The van der Waals surface area contributed by atoms with Gasteiger partial charge in [0.05, 0.1) is 28.1 Å². The number of amides is 2. The first kappa shape index (κ1) is 27.8. The molecule has 4 nitrogen and oxygen atoms in total. The molecule has 35 heavy (non-hydrogen) atoms. The number of anilines is 1.